The largest absolute Gasteiger partial charge is 0.469 e. The van der Waals surface area contributed by atoms with E-state index in [0.717, 1.165) is 51.4 Å². The molecule has 0 aliphatic carbocycles. The van der Waals surface area contributed by atoms with Gasteiger partial charge in [-0.05, 0) is 44.9 Å². The van der Waals surface area contributed by atoms with E-state index < -0.39 is 32.5 Å². The summed E-state index contributed by atoms with van der Waals surface area (Å²) in [5.41, 5.74) is 0. The fourth-order valence-corrected chi connectivity index (χ4v) is 6.77. The number of esters is 2. The van der Waals surface area contributed by atoms with Crippen LogP contribution >= 0.6 is 7.82 Å². The van der Waals surface area contributed by atoms with Crippen molar-refractivity contribution >= 4 is 19.8 Å². The molecular formula is C44H83O8P. The van der Waals surface area contributed by atoms with Crippen molar-refractivity contribution < 1.29 is 37.9 Å². The molecule has 0 heterocycles. The van der Waals surface area contributed by atoms with Gasteiger partial charge in [-0.15, -0.1) is 0 Å². The second kappa shape index (κ2) is 40.2. The van der Waals surface area contributed by atoms with E-state index >= 15 is 0 Å². The predicted octanol–water partition coefficient (Wildman–Crippen LogP) is 13.6. The molecule has 0 aliphatic rings. The summed E-state index contributed by atoms with van der Waals surface area (Å²) in [6.45, 7) is 3.69. The van der Waals surface area contributed by atoms with Crippen LogP contribution in [0.25, 0.3) is 0 Å². The van der Waals surface area contributed by atoms with Gasteiger partial charge in [0.25, 0.3) is 0 Å². The Balaban J connectivity index is 3.88. The first kappa shape index (κ1) is 51.5. The van der Waals surface area contributed by atoms with Crippen LogP contribution in [0.1, 0.15) is 226 Å². The molecule has 0 fully saturated rings. The minimum Gasteiger partial charge on any atom is -0.462 e. The van der Waals surface area contributed by atoms with E-state index in [9.17, 15) is 14.2 Å². The van der Waals surface area contributed by atoms with Crippen LogP contribution in [-0.2, 0) is 28.2 Å². The van der Waals surface area contributed by atoms with Crippen molar-refractivity contribution in [2.24, 2.45) is 0 Å². The van der Waals surface area contributed by atoms with Gasteiger partial charge in [0.15, 0.2) is 6.10 Å². The monoisotopic (exact) mass is 771 g/mol. The predicted molar refractivity (Wildman–Crippen MR) is 221 cm³/mol. The van der Waals surface area contributed by atoms with Crippen molar-refractivity contribution in [2.45, 2.75) is 232 Å². The maximum absolute atomic E-state index is 12.4. The molecule has 53 heavy (non-hydrogen) atoms. The Hall–Kier alpha value is -1.47. The summed E-state index contributed by atoms with van der Waals surface area (Å²) >= 11 is 0. The molecule has 1 unspecified atom stereocenters. The molecule has 0 radical (unpaired) electrons. The SMILES string of the molecule is CCCCCC/C=C\C/C=C\CCCCCCCCCC(=O)OC(COC(=O)CCCCCCCCCCCCCCCCCCC)COP(=O)(O)O. The zero-order chi connectivity index (χ0) is 38.9. The van der Waals surface area contributed by atoms with Crippen molar-refractivity contribution in [3.05, 3.63) is 24.3 Å². The highest BCUT2D eigenvalue weighted by molar-refractivity contribution is 7.46. The smallest absolute Gasteiger partial charge is 0.462 e. The molecule has 2 N–H and O–H groups in total. The summed E-state index contributed by atoms with van der Waals surface area (Å²) in [6.07, 6.45) is 46.1. The Morgan fingerprint density at radius 3 is 1.26 bits per heavy atom. The molecular weight excluding hydrogens is 687 g/mol. The number of hydrogen-bond donors (Lipinski definition) is 2. The Morgan fingerprint density at radius 2 is 0.849 bits per heavy atom. The highest BCUT2D eigenvalue weighted by atomic mass is 31.2. The quantitative estimate of drug-likeness (QED) is 0.0273. The van der Waals surface area contributed by atoms with Gasteiger partial charge in [-0.25, -0.2) is 4.57 Å². The molecule has 0 aliphatic heterocycles. The van der Waals surface area contributed by atoms with Crippen molar-refractivity contribution in [3.63, 3.8) is 0 Å². The number of unbranched alkanes of at least 4 members (excludes halogenated alkanes) is 27. The fraction of sp³-hybridized carbons (Fsp3) is 0.864. The van der Waals surface area contributed by atoms with E-state index in [0.29, 0.717) is 6.42 Å². The number of carbonyl (C=O) groups excluding carboxylic acids is 2. The zero-order valence-corrected chi connectivity index (χ0v) is 35.3. The third-order valence-corrected chi connectivity index (χ3v) is 10.2. The van der Waals surface area contributed by atoms with Gasteiger partial charge in [0, 0.05) is 12.8 Å². The van der Waals surface area contributed by atoms with Crippen LogP contribution in [0, 0.1) is 0 Å². The van der Waals surface area contributed by atoms with Crippen molar-refractivity contribution in [1.29, 1.82) is 0 Å². The zero-order valence-electron chi connectivity index (χ0n) is 34.4. The van der Waals surface area contributed by atoms with Crippen LogP contribution in [0.15, 0.2) is 24.3 Å². The Morgan fingerprint density at radius 1 is 0.491 bits per heavy atom. The summed E-state index contributed by atoms with van der Waals surface area (Å²) in [6, 6.07) is 0. The normalized spacial score (nSPS) is 12.6. The van der Waals surface area contributed by atoms with Gasteiger partial charge >= 0.3 is 19.8 Å². The van der Waals surface area contributed by atoms with Crippen LogP contribution in [0.3, 0.4) is 0 Å². The maximum atomic E-state index is 12.4. The lowest BCUT2D eigenvalue weighted by atomic mass is 10.0. The number of carbonyl (C=O) groups is 2. The molecule has 0 aromatic rings. The number of allylic oxidation sites excluding steroid dienone is 4. The first-order chi connectivity index (χ1) is 25.8. The van der Waals surface area contributed by atoms with Gasteiger partial charge in [0.2, 0.25) is 0 Å². The third-order valence-electron chi connectivity index (χ3n) is 9.72. The molecule has 0 amide bonds. The maximum Gasteiger partial charge on any atom is 0.469 e. The summed E-state index contributed by atoms with van der Waals surface area (Å²) < 4.78 is 26.4. The van der Waals surface area contributed by atoms with Crippen LogP contribution in [-0.4, -0.2) is 41.0 Å². The van der Waals surface area contributed by atoms with E-state index in [2.05, 4.69) is 42.7 Å². The summed E-state index contributed by atoms with van der Waals surface area (Å²) in [5.74, 6) is -0.883. The lowest BCUT2D eigenvalue weighted by Crippen LogP contribution is -2.29. The Kier molecular flexibility index (Phi) is 39.1. The van der Waals surface area contributed by atoms with Crippen LogP contribution in [0.2, 0.25) is 0 Å². The van der Waals surface area contributed by atoms with E-state index in [4.69, 9.17) is 19.3 Å². The molecule has 0 saturated heterocycles. The van der Waals surface area contributed by atoms with Gasteiger partial charge in [0.1, 0.15) is 6.61 Å². The van der Waals surface area contributed by atoms with Gasteiger partial charge in [-0.2, -0.15) is 0 Å². The molecule has 0 rings (SSSR count). The topological polar surface area (TPSA) is 119 Å². The molecule has 312 valence electrons. The second-order valence-electron chi connectivity index (χ2n) is 15.0. The average Bonchev–Trinajstić information content (AvgIpc) is 3.13. The molecule has 0 saturated carbocycles. The van der Waals surface area contributed by atoms with E-state index in [1.807, 2.05) is 0 Å². The lowest BCUT2D eigenvalue weighted by molar-refractivity contribution is -0.161. The second-order valence-corrected chi connectivity index (χ2v) is 16.3. The van der Waals surface area contributed by atoms with Crippen LogP contribution in [0.5, 0.6) is 0 Å². The highest BCUT2D eigenvalue weighted by Gasteiger charge is 2.22. The van der Waals surface area contributed by atoms with Gasteiger partial charge < -0.3 is 19.3 Å². The summed E-state index contributed by atoms with van der Waals surface area (Å²) in [4.78, 5) is 42.9. The molecule has 1 atom stereocenters. The van der Waals surface area contributed by atoms with Crippen LogP contribution < -0.4 is 0 Å². The number of phosphoric ester groups is 1. The molecule has 9 heteroatoms. The van der Waals surface area contributed by atoms with Crippen molar-refractivity contribution in [1.82, 2.24) is 0 Å². The highest BCUT2D eigenvalue weighted by Crippen LogP contribution is 2.36. The number of phosphoric acid groups is 1. The minimum atomic E-state index is -4.75. The molecule has 8 nitrogen and oxygen atoms in total. The fourth-order valence-electron chi connectivity index (χ4n) is 6.40. The minimum absolute atomic E-state index is 0.206. The number of ether oxygens (including phenoxy) is 2. The van der Waals surface area contributed by atoms with Gasteiger partial charge in [-0.3, -0.25) is 14.1 Å². The summed E-state index contributed by atoms with van der Waals surface area (Å²) in [5, 5.41) is 0. The number of hydrogen-bond acceptors (Lipinski definition) is 6. The summed E-state index contributed by atoms with van der Waals surface area (Å²) in [7, 11) is -4.75. The van der Waals surface area contributed by atoms with E-state index in [1.54, 1.807) is 0 Å². The Bertz CT molecular complexity index is 915. The van der Waals surface area contributed by atoms with E-state index in [-0.39, 0.29) is 19.4 Å². The first-order valence-electron chi connectivity index (χ1n) is 22.1. The molecule has 0 bridgehead atoms. The van der Waals surface area contributed by atoms with Crippen LogP contribution in [0.4, 0.5) is 0 Å². The third kappa shape index (κ3) is 43.1. The van der Waals surface area contributed by atoms with Crippen molar-refractivity contribution in [2.75, 3.05) is 13.2 Å². The lowest BCUT2D eigenvalue weighted by Gasteiger charge is -2.18. The van der Waals surface area contributed by atoms with Gasteiger partial charge in [0.05, 0.1) is 6.61 Å². The molecule has 0 aromatic heterocycles. The standard InChI is InChI=1S/C44H83O8P/c1-3-5-7-9-11-13-15-17-19-21-23-25-27-29-31-33-35-37-39-44(46)52-42(41-51-53(47,48)49)40-50-43(45)38-36-34-32-30-28-26-24-22-20-18-16-14-12-10-8-6-4-2/h13,15,19,21,42H,3-12,14,16-18,20,22-41H2,1-2H3,(H2,47,48,49)/b15-13-,21-19-. The average molecular weight is 771 g/mol. The van der Waals surface area contributed by atoms with Crippen molar-refractivity contribution in [3.8, 4) is 0 Å². The Labute approximate surface area is 326 Å². The first-order valence-corrected chi connectivity index (χ1v) is 23.7. The van der Waals surface area contributed by atoms with E-state index in [1.165, 1.54) is 141 Å². The van der Waals surface area contributed by atoms with Gasteiger partial charge in [-0.1, -0.05) is 192 Å². The molecule has 0 aromatic carbocycles. The molecule has 0 spiro atoms. The number of rotatable bonds is 41.